The number of aryl methyl sites for hydroxylation is 1. The van der Waals surface area contributed by atoms with Crippen LogP contribution >= 0.6 is 0 Å². The smallest absolute Gasteiger partial charge is 0.0733 e. The molecule has 1 fully saturated rings. The van der Waals surface area contributed by atoms with Gasteiger partial charge in [-0.25, -0.2) is 0 Å². The van der Waals surface area contributed by atoms with E-state index in [0.717, 1.165) is 23.9 Å². The van der Waals surface area contributed by atoms with E-state index < -0.39 is 0 Å². The van der Waals surface area contributed by atoms with Crippen molar-refractivity contribution in [1.82, 2.24) is 15.5 Å². The van der Waals surface area contributed by atoms with Gasteiger partial charge in [0.25, 0.3) is 0 Å². The molecule has 0 spiro atoms. The molecule has 2 atom stereocenters. The quantitative estimate of drug-likeness (QED) is 0.693. The van der Waals surface area contributed by atoms with E-state index in [0.29, 0.717) is 6.54 Å². The number of aliphatic hydroxyl groups excluding tert-OH is 1. The van der Waals surface area contributed by atoms with Gasteiger partial charge in [0, 0.05) is 17.8 Å². The number of hydrogen-bond acceptors (Lipinski definition) is 3. The highest BCUT2D eigenvalue weighted by atomic mass is 16.3. The van der Waals surface area contributed by atoms with Crippen LogP contribution in [0.3, 0.4) is 0 Å². The van der Waals surface area contributed by atoms with E-state index in [1.54, 1.807) is 0 Å². The third-order valence-electron chi connectivity index (χ3n) is 3.68. The maximum Gasteiger partial charge on any atom is 0.0733 e. The number of nitrogens with zero attached hydrogens (tertiary/aromatic N) is 1. The predicted octanol–water partition coefficient (Wildman–Crippen LogP) is 1.31. The van der Waals surface area contributed by atoms with E-state index in [1.807, 2.05) is 6.20 Å². The molecule has 2 heterocycles. The molecule has 3 N–H and O–H groups in total. The van der Waals surface area contributed by atoms with E-state index >= 15 is 0 Å². The molecule has 0 bridgehead atoms. The minimum Gasteiger partial charge on any atom is -0.391 e. The van der Waals surface area contributed by atoms with Gasteiger partial charge in [0.2, 0.25) is 0 Å². The Labute approximate surface area is 100 Å². The van der Waals surface area contributed by atoms with Crippen LogP contribution in [-0.2, 0) is 0 Å². The number of fused-ring (bicyclic) bond motifs is 1. The molecule has 4 nitrogen and oxygen atoms in total. The molecule has 0 aliphatic carbocycles. The second-order valence-corrected chi connectivity index (χ2v) is 4.83. The summed E-state index contributed by atoms with van der Waals surface area (Å²) in [5, 5.41) is 21.5. The van der Waals surface area contributed by atoms with Gasteiger partial charge in [0.05, 0.1) is 17.8 Å². The number of aliphatic hydroxyl groups is 1. The van der Waals surface area contributed by atoms with Gasteiger partial charge in [0.1, 0.15) is 0 Å². The number of β-amino-alcohol motifs (C(OH)–C–C–N with tert-alkyl or cyclic N) is 1. The molecule has 0 amide bonds. The van der Waals surface area contributed by atoms with Gasteiger partial charge in [-0.2, -0.15) is 5.10 Å². The summed E-state index contributed by atoms with van der Waals surface area (Å²) in [4.78, 5) is 0. The van der Waals surface area contributed by atoms with Crippen molar-refractivity contribution in [2.24, 2.45) is 0 Å². The number of rotatable bonds is 1. The molecular weight excluding hydrogens is 214 g/mol. The first-order valence-corrected chi connectivity index (χ1v) is 6.08. The zero-order valence-corrected chi connectivity index (χ0v) is 9.90. The fourth-order valence-corrected chi connectivity index (χ4v) is 2.73. The standard InChI is InChI=1S/C13H17N3O/c1-8-4-9-6-15-16-12(9)5-11(8)10-2-3-14-7-13(10)17/h4-6,10,13-14,17H,2-3,7H2,1H3,(H,15,16)/t10-,13-/m0/s1. The summed E-state index contributed by atoms with van der Waals surface area (Å²) in [5.74, 6) is 0.240. The maximum absolute atomic E-state index is 10.1. The lowest BCUT2D eigenvalue weighted by Gasteiger charge is -2.29. The van der Waals surface area contributed by atoms with Crippen molar-refractivity contribution in [3.8, 4) is 0 Å². The Balaban J connectivity index is 2.05. The lowest BCUT2D eigenvalue weighted by atomic mass is 9.85. The second-order valence-electron chi connectivity index (χ2n) is 4.83. The lowest BCUT2D eigenvalue weighted by Crippen LogP contribution is -2.39. The first-order chi connectivity index (χ1) is 8.25. The normalized spacial score (nSPS) is 25.3. The molecule has 0 saturated carbocycles. The average Bonchev–Trinajstić information content (AvgIpc) is 2.76. The largest absolute Gasteiger partial charge is 0.391 e. The van der Waals surface area contributed by atoms with Gasteiger partial charge in [-0.3, -0.25) is 5.10 Å². The molecule has 0 unspecified atom stereocenters. The van der Waals surface area contributed by atoms with Crippen molar-refractivity contribution in [3.63, 3.8) is 0 Å². The van der Waals surface area contributed by atoms with Crippen LogP contribution in [0.5, 0.6) is 0 Å². The second kappa shape index (κ2) is 4.13. The Hall–Kier alpha value is -1.39. The van der Waals surface area contributed by atoms with E-state index in [2.05, 4.69) is 34.6 Å². The zero-order chi connectivity index (χ0) is 11.8. The number of piperidine rings is 1. The Morgan fingerprint density at radius 3 is 3.12 bits per heavy atom. The first-order valence-electron chi connectivity index (χ1n) is 6.08. The van der Waals surface area contributed by atoms with Crippen LogP contribution in [-0.4, -0.2) is 34.5 Å². The van der Waals surface area contributed by atoms with E-state index in [-0.39, 0.29) is 12.0 Å². The summed E-state index contributed by atoms with van der Waals surface area (Å²) >= 11 is 0. The Morgan fingerprint density at radius 2 is 2.29 bits per heavy atom. The SMILES string of the molecule is Cc1cc2cn[nH]c2cc1[C@@H]1CCNC[C@@H]1O. The summed E-state index contributed by atoms with van der Waals surface area (Å²) in [6.45, 7) is 3.77. The number of H-pyrrole nitrogens is 1. The minimum atomic E-state index is -0.289. The summed E-state index contributed by atoms with van der Waals surface area (Å²) in [6, 6.07) is 4.28. The van der Waals surface area contributed by atoms with Crippen LogP contribution in [0, 0.1) is 6.92 Å². The summed E-state index contributed by atoms with van der Waals surface area (Å²) in [6.07, 6.45) is 2.54. The van der Waals surface area contributed by atoms with E-state index in [1.165, 1.54) is 11.1 Å². The predicted molar refractivity (Wildman–Crippen MR) is 67.1 cm³/mol. The average molecular weight is 231 g/mol. The fraction of sp³-hybridized carbons (Fsp3) is 0.462. The highest BCUT2D eigenvalue weighted by Crippen LogP contribution is 2.30. The molecular formula is C13H17N3O. The summed E-state index contributed by atoms with van der Waals surface area (Å²) in [7, 11) is 0. The summed E-state index contributed by atoms with van der Waals surface area (Å²) < 4.78 is 0. The molecule has 2 aromatic rings. The molecule has 1 aliphatic rings. The van der Waals surface area contributed by atoms with Crippen molar-refractivity contribution >= 4 is 10.9 Å². The van der Waals surface area contributed by atoms with Gasteiger partial charge >= 0.3 is 0 Å². The van der Waals surface area contributed by atoms with E-state index in [9.17, 15) is 5.11 Å². The zero-order valence-electron chi connectivity index (χ0n) is 9.90. The molecule has 3 rings (SSSR count). The number of hydrogen-bond donors (Lipinski definition) is 3. The highest BCUT2D eigenvalue weighted by molar-refractivity contribution is 5.79. The van der Waals surface area contributed by atoms with Gasteiger partial charge in [0.15, 0.2) is 0 Å². The van der Waals surface area contributed by atoms with Crippen LogP contribution in [0.1, 0.15) is 23.5 Å². The molecule has 90 valence electrons. The van der Waals surface area contributed by atoms with Crippen LogP contribution < -0.4 is 5.32 Å². The number of benzene rings is 1. The van der Waals surface area contributed by atoms with E-state index in [4.69, 9.17) is 0 Å². The van der Waals surface area contributed by atoms with Gasteiger partial charge in [-0.15, -0.1) is 0 Å². The van der Waals surface area contributed by atoms with Crippen molar-refractivity contribution in [2.45, 2.75) is 25.4 Å². The molecule has 1 aromatic carbocycles. The minimum absolute atomic E-state index is 0.240. The number of aromatic nitrogens is 2. The third-order valence-corrected chi connectivity index (χ3v) is 3.68. The Morgan fingerprint density at radius 1 is 1.41 bits per heavy atom. The summed E-state index contributed by atoms with van der Waals surface area (Å²) in [5.41, 5.74) is 3.54. The molecule has 1 saturated heterocycles. The third kappa shape index (κ3) is 1.83. The first kappa shape index (κ1) is 10.7. The molecule has 4 heteroatoms. The number of nitrogens with one attached hydrogen (secondary N) is 2. The van der Waals surface area contributed by atoms with Crippen molar-refractivity contribution in [3.05, 3.63) is 29.5 Å². The molecule has 1 aliphatic heterocycles. The van der Waals surface area contributed by atoms with Crippen LogP contribution in [0.4, 0.5) is 0 Å². The van der Waals surface area contributed by atoms with Gasteiger partial charge in [-0.05, 0) is 43.1 Å². The molecule has 17 heavy (non-hydrogen) atoms. The number of aromatic amines is 1. The van der Waals surface area contributed by atoms with Crippen LogP contribution in [0.25, 0.3) is 10.9 Å². The van der Waals surface area contributed by atoms with Gasteiger partial charge in [-0.1, -0.05) is 0 Å². The van der Waals surface area contributed by atoms with Crippen molar-refractivity contribution in [2.75, 3.05) is 13.1 Å². The van der Waals surface area contributed by atoms with Crippen LogP contribution in [0.15, 0.2) is 18.3 Å². The monoisotopic (exact) mass is 231 g/mol. The Kier molecular flexibility index (Phi) is 2.61. The lowest BCUT2D eigenvalue weighted by molar-refractivity contribution is 0.118. The van der Waals surface area contributed by atoms with Crippen LogP contribution in [0.2, 0.25) is 0 Å². The molecule has 0 radical (unpaired) electrons. The highest BCUT2D eigenvalue weighted by Gasteiger charge is 2.25. The Bertz CT molecular complexity index is 534. The topological polar surface area (TPSA) is 60.9 Å². The van der Waals surface area contributed by atoms with Gasteiger partial charge < -0.3 is 10.4 Å². The maximum atomic E-state index is 10.1. The fourth-order valence-electron chi connectivity index (χ4n) is 2.73. The van der Waals surface area contributed by atoms with Crippen molar-refractivity contribution < 1.29 is 5.11 Å². The molecule has 1 aromatic heterocycles. The van der Waals surface area contributed by atoms with Crippen molar-refractivity contribution in [1.29, 1.82) is 0 Å².